The van der Waals surface area contributed by atoms with Crippen molar-refractivity contribution in [1.82, 2.24) is 0 Å². The van der Waals surface area contributed by atoms with Crippen molar-refractivity contribution in [2.24, 2.45) is 0 Å². The molecule has 3 heteroatoms. The van der Waals surface area contributed by atoms with E-state index in [0.717, 1.165) is 0 Å². The average Bonchev–Trinajstić information content (AvgIpc) is 1.00. The number of rotatable bonds is 0. The van der Waals surface area contributed by atoms with E-state index in [4.69, 9.17) is 0 Å². The van der Waals surface area contributed by atoms with Gasteiger partial charge in [-0.1, -0.05) is 6.82 Å². The zero-order valence-electron chi connectivity index (χ0n) is 2.58. The summed E-state index contributed by atoms with van der Waals surface area (Å²) in [7, 11) is 4.50. The quantitative estimate of drug-likeness (QED) is 0.449. The molecule has 0 aliphatic heterocycles. The summed E-state index contributed by atoms with van der Waals surface area (Å²) in [5, 5.41) is 0. The van der Waals surface area contributed by atoms with E-state index in [2.05, 4.69) is 7.85 Å². The van der Waals surface area contributed by atoms with Crippen molar-refractivity contribution in [2.75, 3.05) is 0 Å². The third-order valence-electron chi connectivity index (χ3n) is 0. The van der Waals surface area contributed by atoms with Crippen LogP contribution in [0, 0.1) is 0 Å². The molecule has 4 heavy (non-hydrogen) atoms. The van der Waals surface area contributed by atoms with Gasteiger partial charge in [0, 0.05) is 47.9 Å². The molecule has 0 saturated carbocycles. The summed E-state index contributed by atoms with van der Waals surface area (Å²) in [6, 6.07) is 0. The Morgan fingerprint density at radius 2 is 1.25 bits per heavy atom. The molecule has 0 saturated heterocycles. The van der Waals surface area contributed by atoms with Crippen molar-refractivity contribution in [3.05, 3.63) is 0 Å². The average molecular weight is 165 g/mol. The molecule has 0 N–H and O–H groups in total. The third-order valence-corrected chi connectivity index (χ3v) is 0. The van der Waals surface area contributed by atoms with Crippen molar-refractivity contribution >= 4 is 7.85 Å². The van der Waals surface area contributed by atoms with Crippen LogP contribution in [0.3, 0.4) is 0 Å². The molecule has 0 bridgehead atoms. The molecule has 0 aliphatic rings. The van der Waals surface area contributed by atoms with E-state index in [1.54, 1.807) is 0 Å². The smallest absolute Gasteiger partial charge is 0.0606 e. The second kappa shape index (κ2) is 22.6. The molecule has 0 aromatic heterocycles. The van der Waals surface area contributed by atoms with Gasteiger partial charge in [0.25, 0.3) is 0 Å². The van der Waals surface area contributed by atoms with Crippen molar-refractivity contribution in [3.63, 3.8) is 0 Å². The number of hydrogen-bond acceptors (Lipinski definition) is 0. The molecule has 0 heterocycles. The van der Waals surface area contributed by atoms with Crippen LogP contribution in [-0.4, -0.2) is 7.85 Å². The van der Waals surface area contributed by atoms with Crippen LogP contribution in [0.5, 0.6) is 0 Å². The van der Waals surface area contributed by atoms with Gasteiger partial charge in [0.1, 0.15) is 0 Å². The molecule has 0 amide bonds. The van der Waals surface area contributed by atoms with E-state index in [1.165, 1.54) is 6.82 Å². The standard InChI is InChI=1S/CH3B.Ti.Zr/c1-2;;/h1H3;;. The first-order chi connectivity index (χ1) is 1.00. The maximum absolute atomic E-state index is 4.50. The van der Waals surface area contributed by atoms with E-state index in [9.17, 15) is 0 Å². The summed E-state index contributed by atoms with van der Waals surface area (Å²) in [4.78, 5) is 0. The van der Waals surface area contributed by atoms with E-state index in [1.807, 2.05) is 0 Å². The Morgan fingerprint density at radius 1 is 1.25 bits per heavy atom. The Kier molecular flexibility index (Phi) is 98.2. The minimum Gasteiger partial charge on any atom is -0.0999 e. The van der Waals surface area contributed by atoms with Gasteiger partial charge in [0.05, 0.1) is 7.85 Å². The summed E-state index contributed by atoms with van der Waals surface area (Å²) < 4.78 is 0. The van der Waals surface area contributed by atoms with E-state index in [0.29, 0.717) is 0 Å². The van der Waals surface area contributed by atoms with Gasteiger partial charge in [0.2, 0.25) is 0 Å². The molecule has 0 unspecified atom stereocenters. The predicted molar refractivity (Wildman–Crippen MR) is 11.6 cm³/mol. The zero-order chi connectivity index (χ0) is 2.00. The Morgan fingerprint density at radius 3 is 1.25 bits per heavy atom. The molecule has 0 aromatic rings. The van der Waals surface area contributed by atoms with Gasteiger partial charge < -0.3 is 0 Å². The summed E-state index contributed by atoms with van der Waals surface area (Å²) in [5.41, 5.74) is 0. The van der Waals surface area contributed by atoms with Crippen molar-refractivity contribution in [1.29, 1.82) is 0 Å². The Hall–Kier alpha value is 1.66. The molecule has 0 rings (SSSR count). The molecule has 2 radical (unpaired) electrons. The number of hydrogen-bond donors (Lipinski definition) is 0. The fourth-order valence-corrected chi connectivity index (χ4v) is 0. The summed E-state index contributed by atoms with van der Waals surface area (Å²) in [6.45, 7) is 1.50. The minimum absolute atomic E-state index is 0. The van der Waals surface area contributed by atoms with Gasteiger partial charge in [-0.15, -0.1) is 0 Å². The molecule has 0 nitrogen and oxygen atoms in total. The van der Waals surface area contributed by atoms with Gasteiger partial charge >= 0.3 is 0 Å². The second-order valence-electron chi connectivity index (χ2n) is 0. The first kappa shape index (κ1) is 17.4. The molecule has 0 spiro atoms. The first-order valence-electron chi connectivity index (χ1n) is 0.577. The van der Waals surface area contributed by atoms with Crippen LogP contribution in [0.15, 0.2) is 0 Å². The monoisotopic (exact) mass is 164 g/mol. The second-order valence-corrected chi connectivity index (χ2v) is 0. The van der Waals surface area contributed by atoms with Crippen molar-refractivity contribution < 1.29 is 47.9 Å². The van der Waals surface area contributed by atoms with Crippen LogP contribution in [0.4, 0.5) is 0 Å². The van der Waals surface area contributed by atoms with Crippen LogP contribution in [0.25, 0.3) is 0 Å². The first-order valence-corrected chi connectivity index (χ1v) is 0.577. The van der Waals surface area contributed by atoms with E-state index < -0.39 is 0 Å². The van der Waals surface area contributed by atoms with Crippen molar-refractivity contribution in [2.45, 2.75) is 6.82 Å². The van der Waals surface area contributed by atoms with Crippen LogP contribution in [-0.2, 0) is 47.9 Å². The predicted octanol–water partition coefficient (Wildman–Crippen LogP) is 0.198. The Balaban J connectivity index is -0.00000000500. The molecular weight excluding hydrogens is 162 g/mol. The van der Waals surface area contributed by atoms with Crippen LogP contribution in [0.2, 0.25) is 6.82 Å². The fraction of sp³-hybridized carbons (Fsp3) is 1.00. The molecule has 0 aliphatic carbocycles. The fourth-order valence-electron chi connectivity index (χ4n) is 0. The summed E-state index contributed by atoms with van der Waals surface area (Å²) in [5.74, 6) is 0. The molecule has 18 valence electrons. The van der Waals surface area contributed by atoms with Crippen molar-refractivity contribution in [3.8, 4) is 0 Å². The maximum atomic E-state index is 4.50. The molecule has 0 atom stereocenters. The topological polar surface area (TPSA) is 0 Å². The van der Waals surface area contributed by atoms with Crippen LogP contribution < -0.4 is 0 Å². The summed E-state index contributed by atoms with van der Waals surface area (Å²) in [6.07, 6.45) is 0. The molecule has 0 aromatic carbocycles. The van der Waals surface area contributed by atoms with Crippen LogP contribution >= 0.6 is 0 Å². The van der Waals surface area contributed by atoms with Gasteiger partial charge in [-0.05, 0) is 0 Å². The minimum atomic E-state index is 0. The summed E-state index contributed by atoms with van der Waals surface area (Å²) >= 11 is 0. The Bertz CT molecular complexity index is 8.00. The molecular formula is CH3BTiZr. The normalized spacial score (nSPS) is 1.25. The molecule has 0 fully saturated rings. The Labute approximate surface area is 62.1 Å². The maximum Gasteiger partial charge on any atom is 0.0606 e. The van der Waals surface area contributed by atoms with E-state index in [-0.39, 0.29) is 47.9 Å². The zero-order valence-corrected chi connectivity index (χ0v) is 6.60. The van der Waals surface area contributed by atoms with Gasteiger partial charge in [-0.2, -0.15) is 0 Å². The van der Waals surface area contributed by atoms with E-state index >= 15 is 0 Å². The van der Waals surface area contributed by atoms with Gasteiger partial charge in [0.15, 0.2) is 0 Å². The SMILES string of the molecule is [B]C.[Ti].[Zr]. The van der Waals surface area contributed by atoms with Gasteiger partial charge in [-0.25, -0.2) is 0 Å². The largest absolute Gasteiger partial charge is 0.0999 e. The third kappa shape index (κ3) is 9.39. The van der Waals surface area contributed by atoms with Crippen LogP contribution in [0.1, 0.15) is 0 Å². The van der Waals surface area contributed by atoms with Gasteiger partial charge in [-0.3, -0.25) is 0 Å².